The fourth-order valence-corrected chi connectivity index (χ4v) is 5.65. The van der Waals surface area contributed by atoms with E-state index in [2.05, 4.69) is 15.5 Å². The summed E-state index contributed by atoms with van der Waals surface area (Å²) in [5.74, 6) is 0.984. The number of hydrogen-bond acceptors (Lipinski definition) is 10. The summed E-state index contributed by atoms with van der Waals surface area (Å²) >= 11 is 0. The molecule has 1 aliphatic rings. The first-order valence-electron chi connectivity index (χ1n) is 12.5. The zero-order valence-corrected chi connectivity index (χ0v) is 23.3. The molecule has 0 atom stereocenters. The van der Waals surface area contributed by atoms with Gasteiger partial charge in [-0.3, -0.25) is 10.1 Å². The first-order valence-corrected chi connectivity index (χ1v) is 14.0. The van der Waals surface area contributed by atoms with Crippen molar-refractivity contribution in [2.45, 2.75) is 45.1 Å². The zero-order valence-electron chi connectivity index (χ0n) is 22.5. The Morgan fingerprint density at radius 3 is 2.15 bits per heavy atom. The van der Waals surface area contributed by atoms with E-state index in [-0.39, 0.29) is 29.1 Å². The Bertz CT molecular complexity index is 1390. The van der Waals surface area contributed by atoms with Gasteiger partial charge in [0.15, 0.2) is 11.5 Å². The topological polar surface area (TPSA) is 142 Å². The molecule has 13 heteroatoms. The number of amides is 1. The van der Waals surface area contributed by atoms with Crippen LogP contribution in [-0.2, 0) is 14.8 Å². The normalized spacial score (nSPS) is 15.2. The zero-order chi connectivity index (χ0) is 28.2. The minimum atomic E-state index is -3.79. The Labute approximate surface area is 227 Å². The van der Waals surface area contributed by atoms with Crippen LogP contribution in [0.1, 0.15) is 45.0 Å². The molecular weight excluding hydrogens is 528 g/mol. The molecule has 0 unspecified atom stereocenters. The standard InChI is InChI=1S/C26H32N4O8S/c1-6-35-20-13-18(14-21(36-7-2)22(20)37-8-3)24-28-29-25(38-24)27-23(31)17-9-11-19(12-10-17)39(32,33)30-16-34-15-26(30,4)5/h9-14H,6-8,15-16H2,1-5H3,(H,27,29,31). The van der Waals surface area contributed by atoms with Crippen molar-refractivity contribution in [3.8, 4) is 28.7 Å². The van der Waals surface area contributed by atoms with E-state index in [1.165, 1.54) is 28.6 Å². The van der Waals surface area contributed by atoms with E-state index in [0.29, 0.717) is 49.2 Å². The third-order valence-electron chi connectivity index (χ3n) is 5.85. The molecule has 3 aromatic rings. The highest BCUT2D eigenvalue weighted by molar-refractivity contribution is 7.89. The monoisotopic (exact) mass is 560 g/mol. The average molecular weight is 561 g/mol. The molecule has 0 radical (unpaired) electrons. The number of carbonyl (C=O) groups is 1. The summed E-state index contributed by atoms with van der Waals surface area (Å²) in [6, 6.07) is 8.85. The Balaban J connectivity index is 1.52. The van der Waals surface area contributed by atoms with Crippen molar-refractivity contribution in [2.24, 2.45) is 0 Å². The van der Waals surface area contributed by atoms with Gasteiger partial charge in [-0.1, -0.05) is 5.10 Å². The van der Waals surface area contributed by atoms with Gasteiger partial charge in [0, 0.05) is 11.1 Å². The van der Waals surface area contributed by atoms with Gasteiger partial charge in [0.25, 0.3) is 5.91 Å². The van der Waals surface area contributed by atoms with Crippen molar-refractivity contribution in [1.29, 1.82) is 0 Å². The maximum Gasteiger partial charge on any atom is 0.322 e. The van der Waals surface area contributed by atoms with E-state index in [9.17, 15) is 13.2 Å². The summed E-state index contributed by atoms with van der Waals surface area (Å²) in [6.45, 7) is 10.7. The third kappa shape index (κ3) is 6.00. The quantitative estimate of drug-likeness (QED) is 0.366. The Hall–Kier alpha value is -3.68. The number of rotatable bonds is 11. The van der Waals surface area contributed by atoms with Crippen molar-refractivity contribution < 1.29 is 36.6 Å². The predicted octanol–water partition coefficient (Wildman–Crippen LogP) is 3.94. The highest BCUT2D eigenvalue weighted by atomic mass is 32.2. The molecule has 0 spiro atoms. The fraction of sp³-hybridized carbons (Fsp3) is 0.423. The highest BCUT2D eigenvalue weighted by Gasteiger charge is 2.42. The maximum absolute atomic E-state index is 13.0. The number of nitrogens with one attached hydrogen (secondary N) is 1. The predicted molar refractivity (Wildman–Crippen MR) is 142 cm³/mol. The van der Waals surface area contributed by atoms with Crippen LogP contribution >= 0.6 is 0 Å². The highest BCUT2D eigenvalue weighted by Crippen LogP contribution is 2.42. The second kappa shape index (κ2) is 11.6. The third-order valence-corrected chi connectivity index (χ3v) is 7.89. The van der Waals surface area contributed by atoms with E-state index in [0.717, 1.165) is 0 Å². The van der Waals surface area contributed by atoms with Gasteiger partial charge in [-0.15, -0.1) is 5.10 Å². The number of aromatic nitrogens is 2. The van der Waals surface area contributed by atoms with Crippen LogP contribution < -0.4 is 19.5 Å². The van der Waals surface area contributed by atoms with Gasteiger partial charge in [0.05, 0.1) is 36.9 Å². The SMILES string of the molecule is CCOc1cc(-c2nnc(NC(=O)c3ccc(S(=O)(=O)N4COCC4(C)C)cc3)o2)cc(OCC)c1OCC. The van der Waals surface area contributed by atoms with Gasteiger partial charge >= 0.3 is 6.01 Å². The molecule has 4 rings (SSSR count). The summed E-state index contributed by atoms with van der Waals surface area (Å²) in [5.41, 5.74) is 0.0616. The van der Waals surface area contributed by atoms with Gasteiger partial charge in [-0.2, -0.15) is 4.31 Å². The van der Waals surface area contributed by atoms with Crippen molar-refractivity contribution in [2.75, 3.05) is 38.5 Å². The molecule has 12 nitrogen and oxygen atoms in total. The Morgan fingerprint density at radius 1 is 1.00 bits per heavy atom. The second-order valence-electron chi connectivity index (χ2n) is 9.14. The maximum atomic E-state index is 13.0. The van der Waals surface area contributed by atoms with Gasteiger partial charge in [0.1, 0.15) is 6.73 Å². The van der Waals surface area contributed by atoms with Crippen LogP contribution in [-0.4, -0.2) is 67.5 Å². The molecular formula is C26H32N4O8S. The van der Waals surface area contributed by atoms with Crippen LogP contribution in [0.3, 0.4) is 0 Å². The lowest BCUT2D eigenvalue weighted by Gasteiger charge is -2.28. The van der Waals surface area contributed by atoms with Crippen molar-refractivity contribution in [1.82, 2.24) is 14.5 Å². The van der Waals surface area contributed by atoms with Gasteiger partial charge < -0.3 is 23.4 Å². The van der Waals surface area contributed by atoms with Crippen LogP contribution in [0.2, 0.25) is 0 Å². The summed E-state index contributed by atoms with van der Waals surface area (Å²) in [4.78, 5) is 12.9. The van der Waals surface area contributed by atoms with Crippen LogP contribution in [0.4, 0.5) is 6.01 Å². The summed E-state index contributed by atoms with van der Waals surface area (Å²) in [6.07, 6.45) is 0. The number of anilines is 1. The summed E-state index contributed by atoms with van der Waals surface area (Å²) in [5, 5.41) is 10.5. The Kier molecular flexibility index (Phi) is 8.42. The molecule has 1 amide bonds. The first-order chi connectivity index (χ1) is 18.6. The number of nitrogens with zero attached hydrogens (tertiary/aromatic N) is 3. The van der Waals surface area contributed by atoms with Crippen LogP contribution in [0.25, 0.3) is 11.5 Å². The molecule has 0 bridgehead atoms. The largest absolute Gasteiger partial charge is 0.490 e. The molecule has 1 N–H and O–H groups in total. The number of sulfonamides is 1. The summed E-state index contributed by atoms with van der Waals surface area (Å²) in [7, 11) is -3.79. The van der Waals surface area contributed by atoms with E-state index < -0.39 is 21.5 Å². The van der Waals surface area contributed by atoms with E-state index >= 15 is 0 Å². The van der Waals surface area contributed by atoms with E-state index in [1.807, 2.05) is 20.8 Å². The van der Waals surface area contributed by atoms with Gasteiger partial charge in [-0.05, 0) is 71.0 Å². The number of ether oxygens (including phenoxy) is 4. The number of carbonyl (C=O) groups excluding carboxylic acids is 1. The second-order valence-corrected chi connectivity index (χ2v) is 11.0. The molecule has 39 heavy (non-hydrogen) atoms. The number of hydrogen-bond donors (Lipinski definition) is 1. The molecule has 2 heterocycles. The molecule has 0 saturated carbocycles. The van der Waals surface area contributed by atoms with Crippen LogP contribution in [0.15, 0.2) is 45.7 Å². The molecule has 1 fully saturated rings. The number of benzene rings is 2. The minimum absolute atomic E-state index is 0.0243. The molecule has 1 aromatic heterocycles. The van der Waals surface area contributed by atoms with Gasteiger partial charge in [0.2, 0.25) is 21.7 Å². The van der Waals surface area contributed by atoms with Crippen molar-refractivity contribution in [3.05, 3.63) is 42.0 Å². The summed E-state index contributed by atoms with van der Waals surface area (Å²) < 4.78 is 55.5. The lowest BCUT2D eigenvalue weighted by atomic mass is 10.1. The van der Waals surface area contributed by atoms with Crippen LogP contribution in [0.5, 0.6) is 17.2 Å². The minimum Gasteiger partial charge on any atom is -0.490 e. The lowest BCUT2D eigenvalue weighted by Crippen LogP contribution is -2.44. The molecule has 2 aromatic carbocycles. The smallest absolute Gasteiger partial charge is 0.322 e. The van der Waals surface area contributed by atoms with Crippen LogP contribution in [0, 0.1) is 0 Å². The van der Waals surface area contributed by atoms with E-state index in [4.69, 9.17) is 23.4 Å². The fourth-order valence-electron chi connectivity index (χ4n) is 4.00. The average Bonchev–Trinajstić information content (AvgIpc) is 3.52. The molecule has 1 saturated heterocycles. The first kappa shape index (κ1) is 28.3. The molecule has 1 aliphatic heterocycles. The molecule has 0 aliphatic carbocycles. The van der Waals surface area contributed by atoms with Crippen molar-refractivity contribution in [3.63, 3.8) is 0 Å². The Morgan fingerprint density at radius 2 is 1.62 bits per heavy atom. The van der Waals surface area contributed by atoms with E-state index in [1.54, 1.807) is 26.0 Å². The van der Waals surface area contributed by atoms with Crippen molar-refractivity contribution >= 4 is 21.9 Å². The molecule has 210 valence electrons. The lowest BCUT2D eigenvalue weighted by molar-refractivity contribution is 0.102. The van der Waals surface area contributed by atoms with Gasteiger partial charge in [-0.25, -0.2) is 8.42 Å².